The molecular formula is C14H21ClN2. The molecule has 94 valence electrons. The summed E-state index contributed by atoms with van der Waals surface area (Å²) in [6, 6.07) is 6.21. The molecule has 0 saturated carbocycles. The van der Waals surface area contributed by atoms with Crippen LogP contribution in [0.2, 0.25) is 5.02 Å². The Kier molecular flexibility index (Phi) is 3.64. The van der Waals surface area contributed by atoms with Crippen LogP contribution in [0.1, 0.15) is 38.7 Å². The van der Waals surface area contributed by atoms with Gasteiger partial charge in [-0.1, -0.05) is 17.7 Å². The predicted octanol–water partition coefficient (Wildman–Crippen LogP) is 3.52. The number of nitrogens with two attached hydrogens (primary N) is 1. The minimum Gasteiger partial charge on any atom is -0.370 e. The summed E-state index contributed by atoms with van der Waals surface area (Å²) in [5, 5.41) is 0.822. The Morgan fingerprint density at radius 2 is 1.82 bits per heavy atom. The molecule has 1 aromatic rings. The van der Waals surface area contributed by atoms with Crippen LogP contribution in [0.4, 0.5) is 5.69 Å². The van der Waals surface area contributed by atoms with Crippen molar-refractivity contribution < 1.29 is 0 Å². The minimum atomic E-state index is -0.329. The van der Waals surface area contributed by atoms with Gasteiger partial charge in [-0.15, -0.1) is 0 Å². The summed E-state index contributed by atoms with van der Waals surface area (Å²) >= 11 is 6.37. The van der Waals surface area contributed by atoms with E-state index >= 15 is 0 Å². The zero-order chi connectivity index (χ0) is 12.5. The summed E-state index contributed by atoms with van der Waals surface area (Å²) in [5.74, 6) is 0. The first-order valence-corrected chi connectivity index (χ1v) is 6.70. The van der Waals surface area contributed by atoms with Crippen LogP contribution in [-0.4, -0.2) is 13.1 Å². The molecule has 1 aliphatic rings. The Hall–Kier alpha value is -0.730. The fraction of sp³-hybridized carbons (Fsp3) is 0.571. The van der Waals surface area contributed by atoms with Crippen LogP contribution in [0.25, 0.3) is 0 Å². The Morgan fingerprint density at radius 1 is 1.18 bits per heavy atom. The highest BCUT2D eigenvalue weighted by Gasteiger charge is 2.18. The molecule has 1 fully saturated rings. The van der Waals surface area contributed by atoms with Gasteiger partial charge in [-0.3, -0.25) is 0 Å². The largest absolute Gasteiger partial charge is 0.370 e. The summed E-state index contributed by atoms with van der Waals surface area (Å²) < 4.78 is 0. The van der Waals surface area contributed by atoms with Gasteiger partial charge in [0, 0.05) is 18.6 Å². The summed E-state index contributed by atoms with van der Waals surface area (Å²) in [5.41, 5.74) is 7.99. The second-order valence-corrected chi connectivity index (χ2v) is 5.84. The number of halogens is 1. The van der Waals surface area contributed by atoms with Crippen molar-refractivity contribution in [2.75, 3.05) is 18.0 Å². The first kappa shape index (κ1) is 12.7. The maximum atomic E-state index is 6.37. The van der Waals surface area contributed by atoms with E-state index in [4.69, 9.17) is 17.3 Å². The van der Waals surface area contributed by atoms with E-state index in [0.29, 0.717) is 0 Å². The van der Waals surface area contributed by atoms with Gasteiger partial charge in [0.05, 0.1) is 10.7 Å². The molecule has 2 rings (SSSR count). The molecule has 1 saturated heterocycles. The fourth-order valence-electron chi connectivity index (χ4n) is 2.30. The smallest absolute Gasteiger partial charge is 0.0643 e. The summed E-state index contributed by atoms with van der Waals surface area (Å²) in [4.78, 5) is 2.37. The first-order valence-electron chi connectivity index (χ1n) is 6.32. The first-order chi connectivity index (χ1) is 7.98. The normalized spacial score (nSPS) is 17.3. The van der Waals surface area contributed by atoms with Crippen molar-refractivity contribution in [2.24, 2.45) is 5.73 Å². The maximum absolute atomic E-state index is 6.37. The van der Waals surface area contributed by atoms with Gasteiger partial charge in [-0.2, -0.15) is 0 Å². The van der Waals surface area contributed by atoms with E-state index in [-0.39, 0.29) is 5.54 Å². The number of benzene rings is 1. The molecule has 1 heterocycles. The predicted molar refractivity (Wildman–Crippen MR) is 74.7 cm³/mol. The molecule has 1 aromatic carbocycles. The third-order valence-corrected chi connectivity index (χ3v) is 3.69. The third kappa shape index (κ3) is 2.93. The third-order valence-electron chi connectivity index (χ3n) is 3.39. The van der Waals surface area contributed by atoms with Crippen molar-refractivity contribution >= 4 is 17.3 Å². The van der Waals surface area contributed by atoms with Crippen LogP contribution in [0.5, 0.6) is 0 Å². The van der Waals surface area contributed by atoms with Crippen molar-refractivity contribution in [3.8, 4) is 0 Å². The maximum Gasteiger partial charge on any atom is 0.0643 e. The lowest BCUT2D eigenvalue weighted by atomic mass is 9.95. The van der Waals surface area contributed by atoms with Crippen LogP contribution < -0.4 is 10.6 Å². The van der Waals surface area contributed by atoms with Gasteiger partial charge in [-0.05, 0) is 50.8 Å². The second kappa shape index (κ2) is 4.87. The molecule has 0 amide bonds. The van der Waals surface area contributed by atoms with Crippen molar-refractivity contribution in [3.63, 3.8) is 0 Å². The van der Waals surface area contributed by atoms with Crippen LogP contribution in [0.3, 0.4) is 0 Å². The van der Waals surface area contributed by atoms with E-state index in [1.54, 1.807) is 0 Å². The molecule has 0 aromatic heterocycles. The van der Waals surface area contributed by atoms with Gasteiger partial charge >= 0.3 is 0 Å². The molecule has 3 heteroatoms. The van der Waals surface area contributed by atoms with Gasteiger partial charge < -0.3 is 10.6 Å². The number of piperidine rings is 1. The highest BCUT2D eigenvalue weighted by Crippen LogP contribution is 2.31. The molecule has 0 unspecified atom stereocenters. The minimum absolute atomic E-state index is 0.329. The average molecular weight is 253 g/mol. The monoisotopic (exact) mass is 252 g/mol. The van der Waals surface area contributed by atoms with Crippen LogP contribution in [0.15, 0.2) is 18.2 Å². The summed E-state index contributed by atoms with van der Waals surface area (Å²) in [6.45, 7) is 6.23. The topological polar surface area (TPSA) is 29.3 Å². The van der Waals surface area contributed by atoms with E-state index in [1.807, 2.05) is 19.9 Å². The molecular weight excluding hydrogens is 232 g/mol. The zero-order valence-electron chi connectivity index (χ0n) is 10.7. The molecule has 17 heavy (non-hydrogen) atoms. The Morgan fingerprint density at radius 3 is 2.35 bits per heavy atom. The lowest BCUT2D eigenvalue weighted by Gasteiger charge is -2.30. The number of anilines is 1. The van der Waals surface area contributed by atoms with Crippen LogP contribution >= 0.6 is 11.6 Å². The molecule has 0 bridgehead atoms. The Balaban J connectivity index is 2.25. The second-order valence-electron chi connectivity index (χ2n) is 5.44. The summed E-state index contributed by atoms with van der Waals surface area (Å²) in [7, 11) is 0. The molecule has 2 nitrogen and oxygen atoms in total. The van der Waals surface area contributed by atoms with Gasteiger partial charge in [-0.25, -0.2) is 0 Å². The van der Waals surface area contributed by atoms with Gasteiger partial charge in [0.2, 0.25) is 0 Å². The fourth-order valence-corrected chi connectivity index (χ4v) is 2.60. The van der Waals surface area contributed by atoms with E-state index in [0.717, 1.165) is 29.4 Å². The van der Waals surface area contributed by atoms with E-state index < -0.39 is 0 Å². The zero-order valence-corrected chi connectivity index (χ0v) is 11.4. The summed E-state index contributed by atoms with van der Waals surface area (Å²) in [6.07, 6.45) is 3.86. The molecule has 2 N–H and O–H groups in total. The van der Waals surface area contributed by atoms with E-state index in [1.165, 1.54) is 19.3 Å². The molecule has 0 aliphatic carbocycles. The molecule has 1 aliphatic heterocycles. The van der Waals surface area contributed by atoms with E-state index in [9.17, 15) is 0 Å². The SMILES string of the molecule is CC(C)(N)c1ccc(N2CCCCC2)c(Cl)c1. The standard InChI is InChI=1S/C14H21ClN2/c1-14(2,16)11-6-7-13(12(15)10-11)17-8-4-3-5-9-17/h6-7,10H,3-5,8-9,16H2,1-2H3. The Bertz CT molecular complexity index is 390. The number of nitrogens with zero attached hydrogens (tertiary/aromatic N) is 1. The van der Waals surface area contributed by atoms with Crippen LogP contribution in [0, 0.1) is 0 Å². The quantitative estimate of drug-likeness (QED) is 0.873. The van der Waals surface area contributed by atoms with Gasteiger partial charge in [0.1, 0.15) is 0 Å². The van der Waals surface area contributed by atoms with Crippen molar-refractivity contribution in [3.05, 3.63) is 28.8 Å². The molecule has 0 atom stereocenters. The molecule has 0 spiro atoms. The molecule has 0 radical (unpaired) electrons. The van der Waals surface area contributed by atoms with Gasteiger partial charge in [0.25, 0.3) is 0 Å². The Labute approximate surface area is 109 Å². The van der Waals surface area contributed by atoms with Crippen molar-refractivity contribution in [1.29, 1.82) is 0 Å². The van der Waals surface area contributed by atoms with E-state index in [2.05, 4.69) is 17.0 Å². The van der Waals surface area contributed by atoms with Crippen LogP contribution in [-0.2, 0) is 5.54 Å². The number of hydrogen-bond acceptors (Lipinski definition) is 2. The average Bonchev–Trinajstić information content (AvgIpc) is 2.29. The van der Waals surface area contributed by atoms with Crippen molar-refractivity contribution in [1.82, 2.24) is 0 Å². The lowest BCUT2D eigenvalue weighted by molar-refractivity contribution is 0.553. The number of rotatable bonds is 2. The number of hydrogen-bond donors (Lipinski definition) is 1. The highest BCUT2D eigenvalue weighted by atomic mass is 35.5. The van der Waals surface area contributed by atoms with Crippen molar-refractivity contribution in [2.45, 2.75) is 38.6 Å². The van der Waals surface area contributed by atoms with Gasteiger partial charge in [0.15, 0.2) is 0 Å². The lowest BCUT2D eigenvalue weighted by Crippen LogP contribution is -2.31. The highest BCUT2D eigenvalue weighted by molar-refractivity contribution is 6.33.